The van der Waals surface area contributed by atoms with Gasteiger partial charge in [-0.15, -0.1) is 0 Å². The quantitative estimate of drug-likeness (QED) is 0.172. The van der Waals surface area contributed by atoms with Crippen LogP contribution >= 0.6 is 0 Å². The first-order valence-corrected chi connectivity index (χ1v) is 12.8. The molecule has 6 rings (SSSR count). The normalized spacial score (nSPS) is 16.0. The maximum absolute atomic E-state index is 11.7. The van der Waals surface area contributed by atoms with Gasteiger partial charge in [0.15, 0.2) is 18.1 Å². The number of fused-ring (bicyclic) bond motifs is 4. The standard InChI is InChI=1S/C19H18O6.C13H11NO3/c1-21-12-5-4-11-6-14-13-8-17(22-2)18(23-3)9-16(13)24-10-19(14,20)25-15(11)7-12;14-9-6-7-11(12(15)8-9)13(16)17-10-4-2-1-3-5-10/h4-9,20H,10H2,1-3H3;1-8,15H,14H2. The van der Waals surface area contributed by atoms with Gasteiger partial charge in [-0.1, -0.05) is 18.2 Å². The molecule has 2 heterocycles. The molecule has 216 valence electrons. The lowest BCUT2D eigenvalue weighted by Gasteiger charge is -2.39. The van der Waals surface area contributed by atoms with Gasteiger partial charge in [-0.3, -0.25) is 0 Å². The smallest absolute Gasteiger partial charge is 0.347 e. The van der Waals surface area contributed by atoms with Crippen molar-refractivity contribution in [3.8, 4) is 40.2 Å². The summed E-state index contributed by atoms with van der Waals surface area (Å²) in [5, 5.41) is 20.6. The number of carbonyl (C=O) groups is 1. The molecule has 4 aromatic carbocycles. The molecule has 0 amide bonds. The highest BCUT2D eigenvalue weighted by Gasteiger charge is 2.44. The third-order valence-corrected chi connectivity index (χ3v) is 6.61. The van der Waals surface area contributed by atoms with Gasteiger partial charge in [0.05, 0.1) is 21.3 Å². The number of benzene rings is 4. The van der Waals surface area contributed by atoms with E-state index in [1.165, 1.54) is 18.2 Å². The second-order valence-electron chi connectivity index (χ2n) is 9.32. The second-order valence-corrected chi connectivity index (χ2v) is 9.32. The average Bonchev–Trinajstić information content (AvgIpc) is 2.99. The van der Waals surface area contributed by atoms with E-state index in [1.54, 1.807) is 63.8 Å². The van der Waals surface area contributed by atoms with E-state index in [-0.39, 0.29) is 17.9 Å². The fourth-order valence-corrected chi connectivity index (χ4v) is 4.49. The van der Waals surface area contributed by atoms with E-state index >= 15 is 0 Å². The monoisotopic (exact) mass is 571 g/mol. The highest BCUT2D eigenvalue weighted by Crippen LogP contribution is 2.49. The number of hydrogen-bond donors (Lipinski definition) is 3. The van der Waals surface area contributed by atoms with Gasteiger partial charge >= 0.3 is 5.97 Å². The maximum atomic E-state index is 11.7. The highest BCUT2D eigenvalue weighted by atomic mass is 16.7. The van der Waals surface area contributed by atoms with Crippen LogP contribution in [0.5, 0.6) is 40.2 Å². The molecule has 0 aromatic heterocycles. The third kappa shape index (κ3) is 5.61. The molecule has 1 unspecified atom stereocenters. The van der Waals surface area contributed by atoms with Gasteiger partial charge in [-0.25, -0.2) is 4.79 Å². The van der Waals surface area contributed by atoms with Crippen molar-refractivity contribution in [1.29, 1.82) is 0 Å². The Morgan fingerprint density at radius 2 is 1.60 bits per heavy atom. The largest absolute Gasteiger partial charge is 0.507 e. The van der Waals surface area contributed by atoms with E-state index < -0.39 is 11.8 Å². The molecule has 1 atom stereocenters. The molecule has 0 fully saturated rings. The minimum absolute atomic E-state index is 0.0298. The zero-order valence-electron chi connectivity index (χ0n) is 23.1. The molecule has 2 aliphatic heterocycles. The van der Waals surface area contributed by atoms with Gasteiger partial charge in [0.2, 0.25) is 0 Å². The molecule has 10 heteroatoms. The SMILES string of the molecule is COc1ccc2c(c1)OC1(O)COc3cc(OC)c(OC)cc3C1=C2.Nc1ccc(C(=O)Oc2ccccc2)c(O)c1. The molecular formula is C32H29NO9. The van der Waals surface area contributed by atoms with Crippen molar-refractivity contribution >= 4 is 23.3 Å². The summed E-state index contributed by atoms with van der Waals surface area (Å²) in [5.41, 5.74) is 8.11. The van der Waals surface area contributed by atoms with Gasteiger partial charge in [-0.2, -0.15) is 0 Å². The number of hydrogen-bond acceptors (Lipinski definition) is 10. The number of ether oxygens (including phenoxy) is 6. The average molecular weight is 572 g/mol. The van der Waals surface area contributed by atoms with Gasteiger partial charge in [0, 0.05) is 40.6 Å². The van der Waals surface area contributed by atoms with Crippen LogP contribution in [0.25, 0.3) is 11.6 Å². The van der Waals surface area contributed by atoms with Crippen molar-refractivity contribution in [2.45, 2.75) is 5.79 Å². The first-order valence-electron chi connectivity index (χ1n) is 12.8. The van der Waals surface area contributed by atoms with E-state index in [0.29, 0.717) is 51.3 Å². The number of carbonyl (C=O) groups excluding carboxylic acids is 1. The number of methoxy groups -OCH3 is 3. The Morgan fingerprint density at radius 1 is 0.857 bits per heavy atom. The van der Waals surface area contributed by atoms with E-state index in [2.05, 4.69) is 0 Å². The number of phenols is 1. The van der Waals surface area contributed by atoms with Crippen LogP contribution in [-0.4, -0.2) is 49.9 Å². The molecule has 0 radical (unpaired) electrons. The summed E-state index contributed by atoms with van der Waals surface area (Å²) < 4.78 is 32.6. The first-order chi connectivity index (χ1) is 20.2. The van der Waals surface area contributed by atoms with Gasteiger partial charge < -0.3 is 44.4 Å². The lowest BCUT2D eigenvalue weighted by Crippen LogP contribution is -2.47. The van der Waals surface area contributed by atoms with Crippen LogP contribution in [0, 0.1) is 0 Å². The molecule has 0 saturated carbocycles. The Balaban J connectivity index is 0.000000181. The number of aliphatic hydroxyl groups is 1. The van der Waals surface area contributed by atoms with Crippen molar-refractivity contribution in [3.05, 3.63) is 95.6 Å². The van der Waals surface area contributed by atoms with Crippen molar-refractivity contribution < 1.29 is 43.4 Å². The Kier molecular flexibility index (Phi) is 7.81. The minimum Gasteiger partial charge on any atom is -0.507 e. The van der Waals surface area contributed by atoms with Crippen molar-refractivity contribution in [3.63, 3.8) is 0 Å². The zero-order valence-corrected chi connectivity index (χ0v) is 23.1. The fourth-order valence-electron chi connectivity index (χ4n) is 4.49. The topological polar surface area (TPSA) is 139 Å². The number of nitrogen functional groups attached to an aromatic ring is 1. The molecule has 4 aromatic rings. The van der Waals surface area contributed by atoms with Crippen LogP contribution in [0.4, 0.5) is 5.69 Å². The van der Waals surface area contributed by atoms with Gasteiger partial charge in [-0.05, 0) is 48.5 Å². The molecule has 0 aliphatic carbocycles. The molecule has 10 nitrogen and oxygen atoms in total. The molecule has 4 N–H and O–H groups in total. The first kappa shape index (κ1) is 28.2. The zero-order chi connectivity index (χ0) is 29.9. The highest BCUT2D eigenvalue weighted by molar-refractivity contribution is 5.94. The summed E-state index contributed by atoms with van der Waals surface area (Å²) in [7, 11) is 4.71. The van der Waals surface area contributed by atoms with E-state index in [1.807, 2.05) is 24.3 Å². The van der Waals surface area contributed by atoms with Gasteiger partial charge in [0.1, 0.15) is 34.3 Å². The van der Waals surface area contributed by atoms with Crippen molar-refractivity contribution in [1.82, 2.24) is 0 Å². The number of phenolic OH excluding ortho intramolecular Hbond substituents is 1. The number of para-hydroxylation sites is 1. The lowest BCUT2D eigenvalue weighted by molar-refractivity contribution is -0.116. The van der Waals surface area contributed by atoms with Crippen LogP contribution in [0.1, 0.15) is 21.5 Å². The molecule has 2 aliphatic rings. The number of aromatic hydroxyl groups is 1. The second kappa shape index (κ2) is 11.6. The number of nitrogens with two attached hydrogens (primary N) is 1. The van der Waals surface area contributed by atoms with E-state index in [9.17, 15) is 15.0 Å². The van der Waals surface area contributed by atoms with Crippen LogP contribution in [0.2, 0.25) is 0 Å². The van der Waals surface area contributed by atoms with Crippen LogP contribution in [-0.2, 0) is 0 Å². The maximum Gasteiger partial charge on any atom is 0.347 e. The summed E-state index contributed by atoms with van der Waals surface area (Å²) in [6.07, 6.45) is 1.89. The molecule has 0 saturated heterocycles. The third-order valence-electron chi connectivity index (χ3n) is 6.61. The predicted octanol–water partition coefficient (Wildman–Crippen LogP) is 4.92. The molecule has 42 heavy (non-hydrogen) atoms. The summed E-state index contributed by atoms with van der Waals surface area (Å²) in [6, 6.07) is 21.9. The number of rotatable bonds is 5. The minimum atomic E-state index is -1.58. The van der Waals surface area contributed by atoms with Crippen LogP contribution < -0.4 is 34.2 Å². The number of anilines is 1. The summed E-state index contributed by atoms with van der Waals surface area (Å²) >= 11 is 0. The predicted molar refractivity (Wildman–Crippen MR) is 155 cm³/mol. The summed E-state index contributed by atoms with van der Waals surface area (Å²) in [6.45, 7) is -0.0298. The van der Waals surface area contributed by atoms with Crippen LogP contribution in [0.3, 0.4) is 0 Å². The summed E-state index contributed by atoms with van der Waals surface area (Å²) in [4.78, 5) is 11.7. The Bertz CT molecular complexity index is 1650. The Morgan fingerprint density at radius 3 is 2.29 bits per heavy atom. The van der Waals surface area contributed by atoms with Crippen LogP contribution in [0.15, 0.2) is 78.9 Å². The Hall–Kier alpha value is -5.35. The molecular weight excluding hydrogens is 542 g/mol. The Labute approximate surface area is 242 Å². The molecule has 0 spiro atoms. The van der Waals surface area contributed by atoms with E-state index in [4.69, 9.17) is 34.2 Å². The summed E-state index contributed by atoms with van der Waals surface area (Å²) in [5.74, 6) is 0.958. The van der Waals surface area contributed by atoms with E-state index in [0.717, 1.165) is 5.56 Å². The number of esters is 1. The lowest BCUT2D eigenvalue weighted by atomic mass is 9.90. The fraction of sp³-hybridized carbons (Fsp3) is 0.156. The van der Waals surface area contributed by atoms with Crippen molar-refractivity contribution in [2.75, 3.05) is 33.7 Å². The van der Waals surface area contributed by atoms with Gasteiger partial charge in [0.25, 0.3) is 5.79 Å². The van der Waals surface area contributed by atoms with Crippen molar-refractivity contribution in [2.24, 2.45) is 0 Å². The molecule has 0 bridgehead atoms.